The second kappa shape index (κ2) is 9.09. The number of rotatable bonds is 7. The number of nitrogens with zero attached hydrogens (tertiary/aromatic N) is 1. The molecule has 0 aliphatic heterocycles. The second-order valence-electron chi connectivity index (χ2n) is 5.89. The van der Waals surface area contributed by atoms with E-state index in [1.807, 2.05) is 36.6 Å². The van der Waals surface area contributed by atoms with Crippen LogP contribution in [0.4, 0.5) is 4.39 Å². The Labute approximate surface area is 161 Å². The average Bonchev–Trinajstić information content (AvgIpc) is 3.10. The Bertz CT molecular complexity index is 918. The maximum absolute atomic E-state index is 12.8. The first-order chi connectivity index (χ1) is 13.1. The van der Waals surface area contributed by atoms with Gasteiger partial charge in [0.1, 0.15) is 18.2 Å². The van der Waals surface area contributed by atoms with Crippen LogP contribution in [0.3, 0.4) is 0 Å². The molecule has 1 amide bonds. The van der Waals surface area contributed by atoms with Crippen molar-refractivity contribution in [1.82, 2.24) is 10.3 Å². The predicted octanol–water partition coefficient (Wildman–Crippen LogP) is 4.50. The monoisotopic (exact) mass is 382 g/mol. The Balaban J connectivity index is 1.46. The fourth-order valence-corrected chi connectivity index (χ4v) is 2.93. The minimum atomic E-state index is -0.293. The predicted molar refractivity (Wildman–Crippen MR) is 105 cm³/mol. The van der Waals surface area contributed by atoms with Gasteiger partial charge in [-0.15, -0.1) is 11.3 Å². The Hall–Kier alpha value is -2.99. The standard InChI is InChI=1S/C21H19FN2O2S/c1-15-24-19(14-27-15)13-26-20-9-4-16(5-10-20)6-11-21(25)23-12-17-2-7-18(22)8-3-17/h2-11,14H,12-13H2,1H3,(H,23,25)/b11-6+. The minimum absolute atomic E-state index is 0.210. The normalized spacial score (nSPS) is 10.9. The summed E-state index contributed by atoms with van der Waals surface area (Å²) in [6.07, 6.45) is 3.20. The number of nitrogens with one attached hydrogen (secondary N) is 1. The van der Waals surface area contributed by atoms with E-state index in [2.05, 4.69) is 10.3 Å². The molecular formula is C21H19FN2O2S. The van der Waals surface area contributed by atoms with Crippen LogP contribution in [0, 0.1) is 12.7 Å². The number of aryl methyl sites for hydroxylation is 1. The lowest BCUT2D eigenvalue weighted by Crippen LogP contribution is -2.20. The first-order valence-electron chi connectivity index (χ1n) is 8.43. The first-order valence-corrected chi connectivity index (χ1v) is 9.31. The molecule has 1 aromatic heterocycles. The van der Waals surface area contributed by atoms with Crippen LogP contribution in [0.2, 0.25) is 0 Å². The zero-order chi connectivity index (χ0) is 19.1. The molecule has 0 spiro atoms. The maximum Gasteiger partial charge on any atom is 0.244 e. The van der Waals surface area contributed by atoms with Gasteiger partial charge in [-0.1, -0.05) is 24.3 Å². The maximum atomic E-state index is 12.8. The highest BCUT2D eigenvalue weighted by atomic mass is 32.1. The highest BCUT2D eigenvalue weighted by Gasteiger charge is 2.01. The number of ether oxygens (including phenoxy) is 1. The van der Waals surface area contributed by atoms with Gasteiger partial charge >= 0.3 is 0 Å². The summed E-state index contributed by atoms with van der Waals surface area (Å²) in [7, 11) is 0. The summed E-state index contributed by atoms with van der Waals surface area (Å²) in [6.45, 7) is 2.75. The van der Waals surface area contributed by atoms with Gasteiger partial charge < -0.3 is 10.1 Å². The zero-order valence-corrected chi connectivity index (χ0v) is 15.6. The highest BCUT2D eigenvalue weighted by Crippen LogP contribution is 2.16. The van der Waals surface area contributed by atoms with Crippen molar-refractivity contribution in [1.29, 1.82) is 0 Å². The topological polar surface area (TPSA) is 51.2 Å². The smallest absolute Gasteiger partial charge is 0.244 e. The van der Waals surface area contributed by atoms with Gasteiger partial charge in [-0.05, 0) is 48.4 Å². The molecular weight excluding hydrogens is 363 g/mol. The van der Waals surface area contributed by atoms with Crippen molar-refractivity contribution in [3.63, 3.8) is 0 Å². The molecule has 138 valence electrons. The van der Waals surface area contributed by atoms with E-state index in [0.717, 1.165) is 27.6 Å². The molecule has 0 unspecified atom stereocenters. The third kappa shape index (κ3) is 6.04. The van der Waals surface area contributed by atoms with Crippen LogP contribution >= 0.6 is 11.3 Å². The Morgan fingerprint density at radius 2 is 1.93 bits per heavy atom. The van der Waals surface area contributed by atoms with E-state index in [9.17, 15) is 9.18 Å². The van der Waals surface area contributed by atoms with Crippen molar-refractivity contribution in [2.45, 2.75) is 20.1 Å². The Morgan fingerprint density at radius 3 is 2.59 bits per heavy atom. The molecule has 4 nitrogen and oxygen atoms in total. The molecule has 0 bridgehead atoms. The van der Waals surface area contributed by atoms with E-state index in [1.165, 1.54) is 18.2 Å². The van der Waals surface area contributed by atoms with Crippen molar-refractivity contribution in [2.24, 2.45) is 0 Å². The molecule has 0 aliphatic carbocycles. The number of benzene rings is 2. The molecule has 0 saturated heterocycles. The SMILES string of the molecule is Cc1nc(COc2ccc(/C=C/C(=O)NCc3ccc(F)cc3)cc2)cs1. The summed E-state index contributed by atoms with van der Waals surface area (Å²) >= 11 is 1.60. The van der Waals surface area contributed by atoms with Gasteiger partial charge in [0.25, 0.3) is 0 Å². The van der Waals surface area contributed by atoms with Crippen LogP contribution in [0.25, 0.3) is 6.08 Å². The van der Waals surface area contributed by atoms with Gasteiger partial charge in [0, 0.05) is 18.0 Å². The van der Waals surface area contributed by atoms with Crippen LogP contribution in [-0.4, -0.2) is 10.9 Å². The summed E-state index contributed by atoms with van der Waals surface area (Å²) in [4.78, 5) is 16.2. The number of carbonyl (C=O) groups excluding carboxylic acids is 1. The van der Waals surface area contributed by atoms with E-state index in [-0.39, 0.29) is 11.7 Å². The van der Waals surface area contributed by atoms with Crippen molar-refractivity contribution >= 4 is 23.3 Å². The molecule has 1 N–H and O–H groups in total. The number of aromatic nitrogens is 1. The van der Waals surface area contributed by atoms with E-state index in [0.29, 0.717) is 13.2 Å². The van der Waals surface area contributed by atoms with Crippen molar-refractivity contribution in [3.8, 4) is 5.75 Å². The molecule has 0 atom stereocenters. The van der Waals surface area contributed by atoms with Crippen LogP contribution in [0.5, 0.6) is 5.75 Å². The van der Waals surface area contributed by atoms with Crippen molar-refractivity contribution in [2.75, 3.05) is 0 Å². The number of thiazole rings is 1. The molecule has 2 aromatic carbocycles. The average molecular weight is 382 g/mol. The first kappa shape index (κ1) is 18.8. The molecule has 0 saturated carbocycles. The molecule has 6 heteroatoms. The zero-order valence-electron chi connectivity index (χ0n) is 14.8. The summed E-state index contributed by atoms with van der Waals surface area (Å²) < 4.78 is 18.5. The molecule has 1 heterocycles. The summed E-state index contributed by atoms with van der Waals surface area (Å²) in [5.41, 5.74) is 2.65. The van der Waals surface area contributed by atoms with Crippen molar-refractivity contribution < 1.29 is 13.9 Å². The summed E-state index contributed by atoms with van der Waals surface area (Å²) in [5, 5.41) is 5.76. The lowest BCUT2D eigenvalue weighted by atomic mass is 10.2. The van der Waals surface area contributed by atoms with E-state index in [4.69, 9.17) is 4.74 Å². The molecule has 0 radical (unpaired) electrons. The largest absolute Gasteiger partial charge is 0.487 e. The van der Waals surface area contributed by atoms with E-state index >= 15 is 0 Å². The van der Waals surface area contributed by atoms with Gasteiger partial charge in [-0.25, -0.2) is 9.37 Å². The molecule has 0 fully saturated rings. The van der Waals surface area contributed by atoms with Crippen LogP contribution in [-0.2, 0) is 17.9 Å². The number of hydrogen-bond donors (Lipinski definition) is 1. The lowest BCUT2D eigenvalue weighted by molar-refractivity contribution is -0.116. The van der Waals surface area contributed by atoms with Crippen molar-refractivity contribution in [3.05, 3.63) is 87.6 Å². The van der Waals surface area contributed by atoms with E-state index < -0.39 is 0 Å². The number of carbonyl (C=O) groups is 1. The number of halogens is 1. The number of hydrogen-bond acceptors (Lipinski definition) is 4. The Kier molecular flexibility index (Phi) is 6.33. The summed E-state index contributed by atoms with van der Waals surface area (Å²) in [6, 6.07) is 13.5. The molecule has 3 rings (SSSR count). The van der Waals surface area contributed by atoms with E-state index in [1.54, 1.807) is 29.5 Å². The Morgan fingerprint density at radius 1 is 1.19 bits per heavy atom. The van der Waals surface area contributed by atoms with Gasteiger partial charge in [0.15, 0.2) is 0 Å². The lowest BCUT2D eigenvalue weighted by Gasteiger charge is -2.04. The third-order valence-electron chi connectivity index (χ3n) is 3.74. The fraction of sp³-hybridized carbons (Fsp3) is 0.143. The second-order valence-corrected chi connectivity index (χ2v) is 6.96. The van der Waals surface area contributed by atoms with Gasteiger partial charge in [0.05, 0.1) is 10.7 Å². The summed E-state index contributed by atoms with van der Waals surface area (Å²) in [5.74, 6) is 0.246. The van der Waals surface area contributed by atoms with Crippen LogP contribution < -0.4 is 10.1 Å². The highest BCUT2D eigenvalue weighted by molar-refractivity contribution is 7.09. The van der Waals surface area contributed by atoms with Gasteiger partial charge in [0.2, 0.25) is 5.91 Å². The van der Waals surface area contributed by atoms with Gasteiger partial charge in [-0.2, -0.15) is 0 Å². The molecule has 27 heavy (non-hydrogen) atoms. The fourth-order valence-electron chi connectivity index (χ4n) is 2.33. The molecule has 3 aromatic rings. The number of amides is 1. The van der Waals surface area contributed by atoms with Crippen LogP contribution in [0.1, 0.15) is 21.8 Å². The quantitative estimate of drug-likeness (QED) is 0.612. The van der Waals surface area contributed by atoms with Crippen LogP contribution in [0.15, 0.2) is 60.0 Å². The minimum Gasteiger partial charge on any atom is -0.487 e. The third-order valence-corrected chi connectivity index (χ3v) is 4.56. The molecule has 0 aliphatic rings. The van der Waals surface area contributed by atoms with Gasteiger partial charge in [-0.3, -0.25) is 4.79 Å².